The summed E-state index contributed by atoms with van der Waals surface area (Å²) in [6, 6.07) is 9.48. The van der Waals surface area contributed by atoms with Crippen molar-refractivity contribution in [3.63, 3.8) is 0 Å². The van der Waals surface area contributed by atoms with Crippen LogP contribution >= 0.6 is 11.6 Å². The zero-order valence-corrected chi connectivity index (χ0v) is 19.7. The van der Waals surface area contributed by atoms with Gasteiger partial charge in [0.2, 0.25) is 0 Å². The molecule has 0 aliphatic heterocycles. The molecule has 1 heterocycles. The van der Waals surface area contributed by atoms with E-state index in [1.165, 1.54) is 0 Å². The Bertz CT molecular complexity index is 728. The summed E-state index contributed by atoms with van der Waals surface area (Å²) in [5, 5.41) is 2.31. The molecule has 4 nitrogen and oxygen atoms in total. The Morgan fingerprint density at radius 3 is 2.19 bits per heavy atom. The number of carbonyl (C=O) groups excluding carboxylic acids is 1. The number of halogens is 1. The van der Waals surface area contributed by atoms with Gasteiger partial charge in [-0.1, -0.05) is 75.1 Å². The van der Waals surface area contributed by atoms with Gasteiger partial charge < -0.3 is 9.38 Å². The first-order valence-electron chi connectivity index (χ1n) is 8.90. The number of nitrogens with one attached hydrogen (secondary N) is 1. The van der Waals surface area contributed by atoms with E-state index >= 15 is 0 Å². The minimum atomic E-state index is -0.981. The van der Waals surface area contributed by atoms with Gasteiger partial charge in [-0.2, -0.15) is 0 Å². The van der Waals surface area contributed by atoms with Crippen molar-refractivity contribution >= 4 is 44.8 Å². The Morgan fingerprint density at radius 2 is 1.69 bits per heavy atom. The van der Waals surface area contributed by atoms with Crippen LogP contribution in [-0.2, 0) is 16.0 Å². The molecule has 0 fully saturated rings. The minimum absolute atomic E-state index is 0.148. The molecule has 0 radical (unpaired) electrons. The molecule has 2 rings (SSSR count). The minimum Gasteiger partial charge on any atom is -0.466 e. The molecule has 1 aromatic heterocycles. The number of nitrogens with zero attached hydrogens (tertiary/aromatic N) is 1. The number of ether oxygens (including phenoxy) is 1. The van der Waals surface area contributed by atoms with Crippen molar-refractivity contribution in [2.45, 2.75) is 52.6 Å². The smallest absolute Gasteiger partial charge is 0.311 e. The Morgan fingerprint density at radius 1 is 1.12 bits per heavy atom. The number of hydrogen-bond donors (Lipinski definition) is 1. The largest absolute Gasteiger partial charge is 0.466 e. The quantitative estimate of drug-likeness (QED) is 0.416. The maximum absolute atomic E-state index is 11.5. The van der Waals surface area contributed by atoms with E-state index < -0.39 is 16.5 Å². The highest BCUT2D eigenvalue weighted by Crippen LogP contribution is 2.21. The molecule has 0 aliphatic rings. The fraction of sp³-hybridized carbons (Fsp3) is 0.474. The monoisotopic (exact) mass is 410 g/mol. The molecule has 26 heavy (non-hydrogen) atoms. The van der Waals surface area contributed by atoms with Gasteiger partial charge in [0.15, 0.2) is 0 Å². The standard InChI is InChI=1S/C13H12ClNO2.C6H19NSi2/c1-2-17-13(16)8-11-10-6-4-3-5-9(10)7-12(14)15-11;1-8(2,3)7-9(4,5)6/h3-7H,2,8H2,1H3;7H,1-6H3. The van der Waals surface area contributed by atoms with Crippen LogP contribution in [-0.4, -0.2) is 34.0 Å². The van der Waals surface area contributed by atoms with E-state index in [1.54, 1.807) is 13.0 Å². The highest BCUT2D eigenvalue weighted by Gasteiger charge is 2.22. The van der Waals surface area contributed by atoms with Gasteiger partial charge in [-0.05, 0) is 18.4 Å². The molecular formula is C19H31ClN2O2Si2. The van der Waals surface area contributed by atoms with Gasteiger partial charge in [-0.25, -0.2) is 4.98 Å². The summed E-state index contributed by atoms with van der Waals surface area (Å²) in [6.45, 7) is 16.3. The van der Waals surface area contributed by atoms with E-state index in [2.05, 4.69) is 48.9 Å². The third-order valence-corrected chi connectivity index (χ3v) is 9.35. The highest BCUT2D eigenvalue weighted by molar-refractivity contribution is 6.90. The lowest BCUT2D eigenvalue weighted by Crippen LogP contribution is -2.55. The molecule has 144 valence electrons. The van der Waals surface area contributed by atoms with Gasteiger partial charge in [-0.3, -0.25) is 4.79 Å². The summed E-state index contributed by atoms with van der Waals surface area (Å²) >= 11 is 5.92. The number of fused-ring (bicyclic) bond motifs is 1. The summed E-state index contributed by atoms with van der Waals surface area (Å²) in [5.41, 5.74) is 0.659. The van der Waals surface area contributed by atoms with Crippen LogP contribution in [0.2, 0.25) is 44.4 Å². The van der Waals surface area contributed by atoms with Crippen molar-refractivity contribution in [1.82, 2.24) is 9.63 Å². The van der Waals surface area contributed by atoms with Gasteiger partial charge in [0.05, 0.1) is 18.7 Å². The maximum Gasteiger partial charge on any atom is 0.311 e. The topological polar surface area (TPSA) is 51.2 Å². The number of benzene rings is 1. The summed E-state index contributed by atoms with van der Waals surface area (Å²) in [5.74, 6) is -0.285. The third kappa shape index (κ3) is 8.94. The fourth-order valence-corrected chi connectivity index (χ4v) is 12.1. The highest BCUT2D eigenvalue weighted by atomic mass is 35.5. The zero-order chi connectivity index (χ0) is 20.0. The number of pyridine rings is 1. The molecule has 7 heteroatoms. The summed E-state index contributed by atoms with van der Waals surface area (Å²) in [4.78, 5) is 15.7. The van der Waals surface area contributed by atoms with Crippen LogP contribution in [0, 0.1) is 0 Å². The van der Waals surface area contributed by atoms with Crippen LogP contribution in [0.15, 0.2) is 30.3 Å². The van der Waals surface area contributed by atoms with Gasteiger partial charge in [0.1, 0.15) is 21.6 Å². The first-order chi connectivity index (χ1) is 11.9. The zero-order valence-electron chi connectivity index (χ0n) is 16.9. The van der Waals surface area contributed by atoms with E-state index in [9.17, 15) is 4.79 Å². The summed E-state index contributed by atoms with van der Waals surface area (Å²) in [7, 11) is -1.96. The average Bonchev–Trinajstić information content (AvgIpc) is 2.44. The first kappa shape index (κ1) is 22.8. The SMILES string of the molecule is CCOC(=O)Cc1nc(Cl)cc2ccccc12.C[Si](C)(C)N[Si](C)(C)C. The van der Waals surface area contributed by atoms with Gasteiger partial charge in [-0.15, -0.1) is 0 Å². The second kappa shape index (κ2) is 9.64. The van der Waals surface area contributed by atoms with E-state index in [0.717, 1.165) is 10.8 Å². The van der Waals surface area contributed by atoms with Crippen molar-refractivity contribution in [1.29, 1.82) is 0 Å². The number of carbonyl (C=O) groups is 1. The van der Waals surface area contributed by atoms with E-state index in [4.69, 9.17) is 16.3 Å². The van der Waals surface area contributed by atoms with Crippen LogP contribution in [0.5, 0.6) is 0 Å². The molecule has 0 unspecified atom stereocenters. The van der Waals surface area contributed by atoms with Crippen LogP contribution in [0.3, 0.4) is 0 Å². The van der Waals surface area contributed by atoms with Crippen molar-refractivity contribution in [3.8, 4) is 0 Å². The summed E-state index contributed by atoms with van der Waals surface area (Å²) in [6.07, 6.45) is 0.148. The lowest BCUT2D eigenvalue weighted by atomic mass is 10.1. The van der Waals surface area contributed by atoms with Crippen molar-refractivity contribution in [2.24, 2.45) is 0 Å². The van der Waals surface area contributed by atoms with Crippen molar-refractivity contribution < 1.29 is 9.53 Å². The van der Waals surface area contributed by atoms with Crippen molar-refractivity contribution in [3.05, 3.63) is 41.2 Å². The molecule has 0 spiro atoms. The normalized spacial score (nSPS) is 11.7. The molecule has 0 aliphatic carbocycles. The average molecular weight is 411 g/mol. The molecule has 0 atom stereocenters. The molecular weight excluding hydrogens is 380 g/mol. The van der Waals surface area contributed by atoms with Crippen molar-refractivity contribution in [2.75, 3.05) is 6.61 Å². The van der Waals surface area contributed by atoms with Crippen LogP contribution in [0.25, 0.3) is 10.8 Å². The molecule has 0 saturated carbocycles. The predicted octanol–water partition coefficient (Wildman–Crippen LogP) is 5.24. The van der Waals surface area contributed by atoms with Gasteiger partial charge in [0.25, 0.3) is 0 Å². The number of aromatic nitrogens is 1. The Labute approximate surface area is 164 Å². The fourth-order valence-electron chi connectivity index (χ4n) is 2.84. The van der Waals surface area contributed by atoms with Gasteiger partial charge >= 0.3 is 5.97 Å². The maximum atomic E-state index is 11.5. The lowest BCUT2D eigenvalue weighted by molar-refractivity contribution is -0.142. The Kier molecular flexibility index (Phi) is 8.46. The predicted molar refractivity (Wildman–Crippen MR) is 117 cm³/mol. The number of rotatable bonds is 5. The molecule has 0 saturated heterocycles. The second-order valence-electron chi connectivity index (χ2n) is 8.22. The lowest BCUT2D eigenvalue weighted by Gasteiger charge is -2.28. The Balaban J connectivity index is 0.000000321. The number of hydrogen-bond acceptors (Lipinski definition) is 4. The second-order valence-corrected chi connectivity index (χ2v) is 18.6. The Hall–Kier alpha value is -1.22. The van der Waals surface area contributed by atoms with Crippen LogP contribution in [0.4, 0.5) is 0 Å². The molecule has 0 amide bonds. The van der Waals surface area contributed by atoms with E-state index in [0.29, 0.717) is 17.5 Å². The first-order valence-corrected chi connectivity index (χ1v) is 16.3. The van der Waals surface area contributed by atoms with E-state index in [-0.39, 0.29) is 12.4 Å². The summed E-state index contributed by atoms with van der Waals surface area (Å²) < 4.78 is 8.65. The van der Waals surface area contributed by atoms with E-state index in [1.807, 2.05) is 24.3 Å². The molecule has 1 aromatic carbocycles. The molecule has 0 bridgehead atoms. The molecule has 2 aromatic rings. The third-order valence-electron chi connectivity index (χ3n) is 3.16. The molecule has 1 N–H and O–H groups in total. The number of esters is 1. The van der Waals surface area contributed by atoms with Crippen LogP contribution < -0.4 is 4.65 Å². The van der Waals surface area contributed by atoms with Gasteiger partial charge in [0, 0.05) is 5.39 Å². The van der Waals surface area contributed by atoms with Crippen LogP contribution in [0.1, 0.15) is 12.6 Å².